The van der Waals surface area contributed by atoms with Crippen LogP contribution in [0.1, 0.15) is 367 Å². The second-order valence-corrected chi connectivity index (χ2v) is 23.8. The van der Waals surface area contributed by atoms with E-state index in [1.54, 1.807) is 0 Å². The summed E-state index contributed by atoms with van der Waals surface area (Å²) in [5.74, 6) is -0.875. The number of hydrogen-bond acceptors (Lipinski definition) is 6. The van der Waals surface area contributed by atoms with Gasteiger partial charge in [0.2, 0.25) is 0 Å². The minimum atomic E-state index is -0.785. The van der Waals surface area contributed by atoms with Gasteiger partial charge in [0.15, 0.2) is 6.10 Å². The van der Waals surface area contributed by atoms with E-state index in [-0.39, 0.29) is 31.1 Å². The summed E-state index contributed by atoms with van der Waals surface area (Å²) >= 11 is 0. The van der Waals surface area contributed by atoms with E-state index in [4.69, 9.17) is 14.2 Å². The monoisotopic (exact) mass is 1130 g/mol. The van der Waals surface area contributed by atoms with Crippen molar-refractivity contribution in [2.45, 2.75) is 374 Å². The Balaban J connectivity index is 4.36. The molecule has 81 heavy (non-hydrogen) atoms. The third kappa shape index (κ3) is 67.5. The van der Waals surface area contributed by atoms with Gasteiger partial charge in [0.05, 0.1) is 0 Å². The minimum Gasteiger partial charge on any atom is -0.462 e. The molecule has 1 unspecified atom stereocenters. The van der Waals surface area contributed by atoms with Gasteiger partial charge in [0.1, 0.15) is 13.2 Å². The van der Waals surface area contributed by atoms with E-state index in [1.807, 2.05) is 0 Å². The number of hydrogen-bond donors (Lipinski definition) is 0. The molecule has 0 aromatic heterocycles. The number of unbranched alkanes of at least 4 members (excludes halogenated alkanes) is 42. The van der Waals surface area contributed by atoms with Crippen LogP contribution in [0, 0.1) is 0 Å². The quantitative estimate of drug-likeness (QED) is 0.0261. The standard InChI is InChI=1S/C75H134O6/c1-4-7-10-13-16-19-22-25-28-31-33-35-37-39-41-44-47-50-53-56-59-62-65-68-74(77)80-71-72(70-79-73(76)67-64-61-58-55-52-49-46-43-30-27-24-21-18-15-12-9-6-3)81-75(78)69-66-63-60-57-54-51-48-45-42-40-38-36-34-32-29-26-23-20-17-14-11-8-5-2/h18,21-22,25,27,30-34,37,39,72H,4-17,19-20,23-24,26,28-29,35-36,38,40-71H2,1-3H3/b21-18-,25-22-,30-27-,33-31-,34-32-,39-37-. The van der Waals surface area contributed by atoms with Crippen molar-refractivity contribution in [2.24, 2.45) is 0 Å². The van der Waals surface area contributed by atoms with E-state index in [0.29, 0.717) is 19.3 Å². The predicted octanol–water partition coefficient (Wildman–Crippen LogP) is 24.4. The Labute approximate surface area is 503 Å². The average molecular weight is 1130 g/mol. The Kier molecular flexibility index (Phi) is 66.6. The van der Waals surface area contributed by atoms with Crippen LogP contribution in [0.15, 0.2) is 72.9 Å². The molecule has 0 spiro atoms. The molecule has 0 aliphatic carbocycles. The van der Waals surface area contributed by atoms with E-state index in [1.165, 1.54) is 238 Å². The molecule has 0 amide bonds. The molecule has 0 saturated heterocycles. The molecule has 0 aliphatic rings. The number of ether oxygens (including phenoxy) is 3. The zero-order valence-electron chi connectivity index (χ0n) is 54.1. The zero-order chi connectivity index (χ0) is 58.5. The van der Waals surface area contributed by atoms with Gasteiger partial charge in [-0.05, 0) is 116 Å². The molecule has 0 aromatic carbocycles. The first-order chi connectivity index (χ1) is 40.0. The summed E-state index contributed by atoms with van der Waals surface area (Å²) in [4.78, 5) is 38.5. The Hall–Kier alpha value is -3.15. The van der Waals surface area contributed by atoms with Crippen LogP contribution < -0.4 is 0 Å². The Morgan fingerprint density at radius 1 is 0.247 bits per heavy atom. The van der Waals surface area contributed by atoms with Crippen LogP contribution in [0.25, 0.3) is 0 Å². The summed E-state index contributed by atoms with van der Waals surface area (Å²) in [5.41, 5.74) is 0. The molecule has 0 fully saturated rings. The van der Waals surface area contributed by atoms with Gasteiger partial charge in [-0.1, -0.05) is 306 Å². The topological polar surface area (TPSA) is 78.9 Å². The van der Waals surface area contributed by atoms with Crippen molar-refractivity contribution < 1.29 is 28.6 Å². The van der Waals surface area contributed by atoms with Crippen molar-refractivity contribution in [3.63, 3.8) is 0 Å². The molecule has 1 atom stereocenters. The van der Waals surface area contributed by atoms with Crippen LogP contribution >= 0.6 is 0 Å². The number of rotatable bonds is 65. The first kappa shape index (κ1) is 77.9. The Morgan fingerprint density at radius 2 is 0.444 bits per heavy atom. The molecule has 0 aliphatic heterocycles. The van der Waals surface area contributed by atoms with Gasteiger partial charge < -0.3 is 14.2 Å². The molecule has 0 saturated carbocycles. The summed E-state index contributed by atoms with van der Waals surface area (Å²) in [5, 5.41) is 0. The maximum atomic E-state index is 13.0. The van der Waals surface area contributed by atoms with Crippen molar-refractivity contribution >= 4 is 17.9 Å². The smallest absolute Gasteiger partial charge is 0.306 e. The largest absolute Gasteiger partial charge is 0.462 e. The SMILES string of the molecule is CCCCC/C=C\C/C=C\CCCCCCCCCC(=O)OCC(COC(=O)CCCCCCCCCC/C=C\C/C=C\C/C=C\CCCCCCC)OC(=O)CCCCCCCCCCCCC/C=C\CCCCCCCCCC. The highest BCUT2D eigenvalue weighted by Crippen LogP contribution is 2.17. The molecular formula is C75H134O6. The molecule has 0 radical (unpaired) electrons. The molecule has 0 N–H and O–H groups in total. The van der Waals surface area contributed by atoms with E-state index in [0.717, 1.165) is 89.9 Å². The fraction of sp³-hybridized carbons (Fsp3) is 0.800. The molecular weight excluding hydrogens is 997 g/mol. The zero-order valence-corrected chi connectivity index (χ0v) is 54.1. The van der Waals surface area contributed by atoms with Gasteiger partial charge >= 0.3 is 17.9 Å². The fourth-order valence-electron chi connectivity index (χ4n) is 10.3. The van der Waals surface area contributed by atoms with Crippen molar-refractivity contribution in [3.05, 3.63) is 72.9 Å². The molecule has 0 heterocycles. The highest BCUT2D eigenvalue weighted by Gasteiger charge is 2.19. The van der Waals surface area contributed by atoms with Gasteiger partial charge in [-0.2, -0.15) is 0 Å². The maximum absolute atomic E-state index is 13.0. The highest BCUT2D eigenvalue weighted by molar-refractivity contribution is 5.71. The molecule has 6 heteroatoms. The molecule has 0 bridgehead atoms. The third-order valence-electron chi connectivity index (χ3n) is 15.7. The van der Waals surface area contributed by atoms with E-state index in [2.05, 4.69) is 93.7 Å². The fourth-order valence-corrected chi connectivity index (χ4v) is 10.3. The predicted molar refractivity (Wildman–Crippen MR) is 353 cm³/mol. The molecule has 0 aromatic rings. The number of esters is 3. The second-order valence-electron chi connectivity index (χ2n) is 23.8. The summed E-state index contributed by atoms with van der Waals surface area (Å²) in [6, 6.07) is 0. The highest BCUT2D eigenvalue weighted by atomic mass is 16.6. The van der Waals surface area contributed by atoms with E-state index < -0.39 is 6.10 Å². The van der Waals surface area contributed by atoms with Crippen LogP contribution in [0.4, 0.5) is 0 Å². The van der Waals surface area contributed by atoms with Gasteiger partial charge in [-0.25, -0.2) is 0 Å². The van der Waals surface area contributed by atoms with Crippen LogP contribution in [0.5, 0.6) is 0 Å². The molecule has 470 valence electrons. The van der Waals surface area contributed by atoms with Gasteiger partial charge in [0.25, 0.3) is 0 Å². The van der Waals surface area contributed by atoms with Crippen molar-refractivity contribution in [1.29, 1.82) is 0 Å². The lowest BCUT2D eigenvalue weighted by atomic mass is 10.0. The van der Waals surface area contributed by atoms with Gasteiger partial charge in [-0.3, -0.25) is 14.4 Å². The third-order valence-corrected chi connectivity index (χ3v) is 15.7. The van der Waals surface area contributed by atoms with E-state index >= 15 is 0 Å². The van der Waals surface area contributed by atoms with Gasteiger partial charge in [0, 0.05) is 19.3 Å². The minimum absolute atomic E-state index is 0.0802. The van der Waals surface area contributed by atoms with Crippen molar-refractivity contribution in [3.8, 4) is 0 Å². The summed E-state index contributed by atoms with van der Waals surface area (Å²) in [7, 11) is 0. The van der Waals surface area contributed by atoms with Crippen LogP contribution in [0.3, 0.4) is 0 Å². The average Bonchev–Trinajstić information content (AvgIpc) is 3.47. The first-order valence-corrected chi connectivity index (χ1v) is 35.4. The van der Waals surface area contributed by atoms with Crippen LogP contribution in [-0.2, 0) is 28.6 Å². The van der Waals surface area contributed by atoms with Crippen LogP contribution in [-0.4, -0.2) is 37.2 Å². The normalized spacial score (nSPS) is 12.5. The lowest BCUT2D eigenvalue weighted by molar-refractivity contribution is -0.167. The lowest BCUT2D eigenvalue weighted by Gasteiger charge is -2.18. The Bertz CT molecular complexity index is 1490. The van der Waals surface area contributed by atoms with E-state index in [9.17, 15) is 14.4 Å². The molecule has 6 nitrogen and oxygen atoms in total. The molecule has 0 rings (SSSR count). The number of carbonyl (C=O) groups is 3. The number of allylic oxidation sites excluding steroid dienone is 12. The van der Waals surface area contributed by atoms with Crippen LogP contribution in [0.2, 0.25) is 0 Å². The number of carbonyl (C=O) groups excluding carboxylic acids is 3. The Morgan fingerprint density at radius 3 is 0.728 bits per heavy atom. The van der Waals surface area contributed by atoms with Crippen molar-refractivity contribution in [2.75, 3.05) is 13.2 Å². The second kappa shape index (κ2) is 69.3. The van der Waals surface area contributed by atoms with Gasteiger partial charge in [-0.15, -0.1) is 0 Å². The summed E-state index contributed by atoms with van der Waals surface area (Å²) in [6.45, 7) is 6.64. The van der Waals surface area contributed by atoms with Crippen molar-refractivity contribution in [1.82, 2.24) is 0 Å². The first-order valence-electron chi connectivity index (χ1n) is 35.4. The summed E-state index contributed by atoms with van der Waals surface area (Å²) in [6.07, 6.45) is 90.6. The lowest BCUT2D eigenvalue weighted by Crippen LogP contribution is -2.30. The summed E-state index contributed by atoms with van der Waals surface area (Å²) < 4.78 is 17.0. The maximum Gasteiger partial charge on any atom is 0.306 e.